The minimum absolute atomic E-state index is 0.0357. The zero-order valence-corrected chi connectivity index (χ0v) is 11.1. The highest BCUT2D eigenvalue weighted by Gasteiger charge is 2.47. The molecule has 8 heteroatoms. The first-order valence-electron chi connectivity index (χ1n) is 6.01. The fourth-order valence-electron chi connectivity index (χ4n) is 1.94. The van der Waals surface area contributed by atoms with E-state index in [1.54, 1.807) is 0 Å². The molecule has 0 spiro atoms. The quantitative estimate of drug-likeness (QED) is 0.735. The van der Waals surface area contributed by atoms with Crippen molar-refractivity contribution < 1.29 is 19.4 Å². The van der Waals surface area contributed by atoms with Crippen molar-refractivity contribution in [2.75, 3.05) is 13.2 Å². The lowest BCUT2D eigenvalue weighted by molar-refractivity contribution is -0.148. The molecule has 8 nitrogen and oxygen atoms in total. The number of aliphatic carboxylic acids is 1. The van der Waals surface area contributed by atoms with E-state index in [0.717, 1.165) is 4.68 Å². The van der Waals surface area contributed by atoms with Gasteiger partial charge >= 0.3 is 5.97 Å². The molecule has 0 aromatic carbocycles. The van der Waals surface area contributed by atoms with Crippen molar-refractivity contribution in [3.63, 3.8) is 0 Å². The molecule has 2 rings (SSSR count). The van der Waals surface area contributed by atoms with E-state index < -0.39 is 23.3 Å². The van der Waals surface area contributed by atoms with Crippen LogP contribution in [0.2, 0.25) is 0 Å². The number of carboxylic acid groups (broad SMARTS) is 1. The molecule has 1 saturated heterocycles. The van der Waals surface area contributed by atoms with Gasteiger partial charge in [-0.1, -0.05) is 0 Å². The highest BCUT2D eigenvalue weighted by atomic mass is 16.5. The number of carbonyl (C=O) groups excluding carboxylic acids is 1. The Labute approximate surface area is 114 Å². The van der Waals surface area contributed by atoms with Gasteiger partial charge in [-0.25, -0.2) is 4.68 Å². The van der Waals surface area contributed by atoms with E-state index in [9.17, 15) is 19.5 Å². The summed E-state index contributed by atoms with van der Waals surface area (Å²) in [4.78, 5) is 34.5. The van der Waals surface area contributed by atoms with E-state index in [0.29, 0.717) is 0 Å². The maximum atomic E-state index is 12.0. The van der Waals surface area contributed by atoms with Gasteiger partial charge in [0.1, 0.15) is 11.1 Å². The lowest BCUT2D eigenvalue weighted by Gasteiger charge is -2.25. The molecule has 2 unspecified atom stereocenters. The van der Waals surface area contributed by atoms with Crippen LogP contribution in [0.15, 0.2) is 16.9 Å². The first-order chi connectivity index (χ1) is 9.34. The Hall–Kier alpha value is -2.22. The molecule has 1 aromatic rings. The number of nitrogens with one attached hydrogen (secondary N) is 1. The molecular formula is C12H15N3O5. The standard InChI is InChI=1S/C12H15N3O5/c1-12(11(18)19)6-20-5-8(12)13-10(17)7-3-4-9(16)15(2)14-7/h3-4,8H,5-6H2,1-2H3,(H,13,17)(H,18,19). The molecule has 2 heterocycles. The third-order valence-corrected chi connectivity index (χ3v) is 3.44. The van der Waals surface area contributed by atoms with Crippen LogP contribution in [0.5, 0.6) is 0 Å². The molecule has 2 atom stereocenters. The van der Waals surface area contributed by atoms with Crippen molar-refractivity contribution in [3.8, 4) is 0 Å². The van der Waals surface area contributed by atoms with E-state index >= 15 is 0 Å². The first kappa shape index (κ1) is 14.2. The molecule has 1 amide bonds. The SMILES string of the molecule is Cn1nc(C(=O)NC2COCC2(C)C(=O)O)ccc1=O. The molecule has 1 fully saturated rings. The van der Waals surface area contributed by atoms with Crippen molar-refractivity contribution in [2.24, 2.45) is 12.5 Å². The van der Waals surface area contributed by atoms with E-state index in [1.807, 2.05) is 0 Å². The summed E-state index contributed by atoms with van der Waals surface area (Å²) >= 11 is 0. The fraction of sp³-hybridized carbons (Fsp3) is 0.500. The van der Waals surface area contributed by atoms with E-state index in [2.05, 4.69) is 10.4 Å². The van der Waals surface area contributed by atoms with Crippen molar-refractivity contribution in [1.82, 2.24) is 15.1 Å². The third kappa shape index (κ3) is 2.42. The molecule has 0 saturated carbocycles. The van der Waals surface area contributed by atoms with Crippen molar-refractivity contribution >= 4 is 11.9 Å². The lowest BCUT2D eigenvalue weighted by atomic mass is 9.85. The smallest absolute Gasteiger partial charge is 0.313 e. The zero-order valence-electron chi connectivity index (χ0n) is 11.1. The number of nitrogens with zero attached hydrogens (tertiary/aromatic N) is 2. The maximum absolute atomic E-state index is 12.0. The van der Waals surface area contributed by atoms with Crippen LogP contribution < -0.4 is 10.9 Å². The van der Waals surface area contributed by atoms with E-state index in [1.165, 1.54) is 26.1 Å². The van der Waals surface area contributed by atoms with Crippen LogP contribution >= 0.6 is 0 Å². The third-order valence-electron chi connectivity index (χ3n) is 3.44. The Kier molecular flexibility index (Phi) is 3.58. The second-order valence-corrected chi connectivity index (χ2v) is 4.94. The molecule has 0 bridgehead atoms. The van der Waals surface area contributed by atoms with Gasteiger partial charge in [-0.05, 0) is 13.0 Å². The number of amides is 1. The van der Waals surface area contributed by atoms with Gasteiger partial charge in [0, 0.05) is 13.1 Å². The Morgan fingerprint density at radius 2 is 2.25 bits per heavy atom. The van der Waals surface area contributed by atoms with Gasteiger partial charge in [-0.15, -0.1) is 0 Å². The fourth-order valence-corrected chi connectivity index (χ4v) is 1.94. The van der Waals surface area contributed by atoms with Crippen LogP contribution in [0.25, 0.3) is 0 Å². The van der Waals surface area contributed by atoms with Crippen LogP contribution in [0.1, 0.15) is 17.4 Å². The summed E-state index contributed by atoms with van der Waals surface area (Å²) in [5, 5.41) is 15.6. The van der Waals surface area contributed by atoms with Crippen LogP contribution in [0, 0.1) is 5.41 Å². The van der Waals surface area contributed by atoms with Crippen LogP contribution in [0.3, 0.4) is 0 Å². The summed E-state index contributed by atoms with van der Waals surface area (Å²) < 4.78 is 6.18. The number of aryl methyl sites for hydroxylation is 1. The summed E-state index contributed by atoms with van der Waals surface area (Å²) in [7, 11) is 1.43. The Bertz CT molecular complexity index is 611. The van der Waals surface area contributed by atoms with Gasteiger partial charge < -0.3 is 15.2 Å². The largest absolute Gasteiger partial charge is 0.481 e. The van der Waals surface area contributed by atoms with Gasteiger partial charge in [-0.3, -0.25) is 14.4 Å². The minimum Gasteiger partial charge on any atom is -0.481 e. The molecule has 1 aliphatic heterocycles. The van der Waals surface area contributed by atoms with Gasteiger partial charge in [-0.2, -0.15) is 5.10 Å². The predicted molar refractivity (Wildman–Crippen MR) is 67.3 cm³/mol. The van der Waals surface area contributed by atoms with Gasteiger partial charge in [0.05, 0.1) is 19.3 Å². The number of carbonyl (C=O) groups is 2. The molecule has 2 N–H and O–H groups in total. The van der Waals surface area contributed by atoms with Crippen LogP contribution in [-0.2, 0) is 16.6 Å². The summed E-state index contributed by atoms with van der Waals surface area (Å²) in [6.07, 6.45) is 0. The summed E-state index contributed by atoms with van der Waals surface area (Å²) in [6, 6.07) is 1.88. The van der Waals surface area contributed by atoms with Gasteiger partial charge in [0.2, 0.25) is 0 Å². The van der Waals surface area contributed by atoms with E-state index in [-0.39, 0.29) is 24.5 Å². The first-order valence-corrected chi connectivity index (χ1v) is 6.01. The number of carboxylic acids is 1. The number of ether oxygens (including phenoxy) is 1. The maximum Gasteiger partial charge on any atom is 0.313 e. The van der Waals surface area contributed by atoms with Gasteiger partial charge in [0.25, 0.3) is 11.5 Å². The van der Waals surface area contributed by atoms with Crippen molar-refractivity contribution in [3.05, 3.63) is 28.2 Å². The minimum atomic E-state index is -1.17. The van der Waals surface area contributed by atoms with Crippen molar-refractivity contribution in [1.29, 1.82) is 0 Å². The molecule has 1 aromatic heterocycles. The van der Waals surface area contributed by atoms with Gasteiger partial charge in [0.15, 0.2) is 0 Å². The molecule has 0 radical (unpaired) electrons. The molecule has 1 aliphatic rings. The normalized spacial score (nSPS) is 25.4. The zero-order chi connectivity index (χ0) is 14.9. The summed E-state index contributed by atoms with van der Waals surface area (Å²) in [6.45, 7) is 1.68. The highest BCUT2D eigenvalue weighted by molar-refractivity contribution is 5.92. The second-order valence-electron chi connectivity index (χ2n) is 4.94. The number of hydrogen-bond acceptors (Lipinski definition) is 5. The van der Waals surface area contributed by atoms with Crippen LogP contribution in [0.4, 0.5) is 0 Å². The number of hydrogen-bond donors (Lipinski definition) is 2. The van der Waals surface area contributed by atoms with Crippen LogP contribution in [-0.4, -0.2) is 46.0 Å². The van der Waals surface area contributed by atoms with E-state index in [4.69, 9.17) is 4.74 Å². The lowest BCUT2D eigenvalue weighted by Crippen LogP contribution is -2.50. The molecule has 0 aliphatic carbocycles. The Balaban J connectivity index is 2.17. The predicted octanol–water partition coefficient (Wildman–Crippen LogP) is -1.00. The molecular weight excluding hydrogens is 266 g/mol. The second kappa shape index (κ2) is 5.04. The van der Waals surface area contributed by atoms with Crippen molar-refractivity contribution in [2.45, 2.75) is 13.0 Å². The Morgan fingerprint density at radius 1 is 1.55 bits per heavy atom. The summed E-state index contributed by atoms with van der Waals surface area (Å²) in [5.74, 6) is -1.57. The Morgan fingerprint density at radius 3 is 2.85 bits per heavy atom. The number of aromatic nitrogens is 2. The summed E-state index contributed by atoms with van der Waals surface area (Å²) in [5.41, 5.74) is -1.45. The highest BCUT2D eigenvalue weighted by Crippen LogP contribution is 2.28. The monoisotopic (exact) mass is 281 g/mol. The number of rotatable bonds is 3. The average molecular weight is 281 g/mol. The molecule has 20 heavy (non-hydrogen) atoms. The molecule has 108 valence electrons. The average Bonchev–Trinajstić information content (AvgIpc) is 2.75. The topological polar surface area (TPSA) is 111 Å².